The highest BCUT2D eigenvalue weighted by Crippen LogP contribution is 2.33. The summed E-state index contributed by atoms with van der Waals surface area (Å²) in [5, 5.41) is 3.00. The highest BCUT2D eigenvalue weighted by Gasteiger charge is 2.31. The van der Waals surface area contributed by atoms with Gasteiger partial charge in [-0.15, -0.1) is 0 Å². The molecule has 1 aromatic heterocycles. The predicted octanol–water partition coefficient (Wildman–Crippen LogP) is 4.56. The Labute approximate surface area is 151 Å². The molecule has 0 saturated heterocycles. The third kappa shape index (κ3) is 2.92. The van der Waals surface area contributed by atoms with Gasteiger partial charge in [0.2, 0.25) is 0 Å². The highest BCUT2D eigenvalue weighted by molar-refractivity contribution is 6.07. The number of rotatable bonds is 3. The fraction of sp³-hybridized carbons (Fsp3) is 0.143. The normalized spacial score (nSPS) is 15.6. The molecule has 1 unspecified atom stereocenters. The average Bonchev–Trinajstić information content (AvgIpc) is 2.99. The van der Waals surface area contributed by atoms with Gasteiger partial charge in [0.1, 0.15) is 11.5 Å². The molecule has 26 heavy (non-hydrogen) atoms. The van der Waals surface area contributed by atoms with Crippen molar-refractivity contribution in [3.8, 4) is 0 Å². The quantitative estimate of drug-likeness (QED) is 0.756. The van der Waals surface area contributed by atoms with Crippen molar-refractivity contribution in [1.82, 2.24) is 4.98 Å². The summed E-state index contributed by atoms with van der Waals surface area (Å²) in [6.07, 6.45) is 2.39. The number of fused-ring (bicyclic) bond motifs is 1. The monoisotopic (exact) mass is 347 g/mol. The first kappa shape index (κ1) is 16.3. The summed E-state index contributed by atoms with van der Waals surface area (Å²) in [5.74, 6) is -0.501. The van der Waals surface area contributed by atoms with E-state index >= 15 is 0 Å². The Morgan fingerprint density at radius 2 is 1.92 bits per heavy atom. The minimum absolute atomic E-state index is 0.0740. The molecule has 0 saturated carbocycles. The molecule has 0 bridgehead atoms. The lowest BCUT2D eigenvalue weighted by Gasteiger charge is -2.22. The van der Waals surface area contributed by atoms with Crippen molar-refractivity contribution < 1.29 is 9.18 Å². The zero-order valence-corrected chi connectivity index (χ0v) is 14.3. The van der Waals surface area contributed by atoms with Gasteiger partial charge in [-0.2, -0.15) is 0 Å². The molecule has 0 aliphatic carbocycles. The molecule has 0 fully saturated rings. The summed E-state index contributed by atoms with van der Waals surface area (Å²) in [4.78, 5) is 19.1. The lowest BCUT2D eigenvalue weighted by atomic mass is 10.1. The number of carbonyl (C=O) groups excluding carboxylic acids is 1. The van der Waals surface area contributed by atoms with E-state index in [1.165, 1.54) is 6.07 Å². The van der Waals surface area contributed by atoms with Crippen molar-refractivity contribution in [2.75, 3.05) is 10.2 Å². The second kappa shape index (κ2) is 6.59. The Bertz CT molecular complexity index is 973. The van der Waals surface area contributed by atoms with Gasteiger partial charge in [0, 0.05) is 23.6 Å². The van der Waals surface area contributed by atoms with Crippen molar-refractivity contribution in [1.29, 1.82) is 0 Å². The molecule has 0 spiro atoms. The molecule has 1 aliphatic rings. The molecule has 0 radical (unpaired) electrons. The van der Waals surface area contributed by atoms with Crippen LogP contribution in [0.5, 0.6) is 0 Å². The van der Waals surface area contributed by atoms with Gasteiger partial charge < -0.3 is 10.2 Å². The van der Waals surface area contributed by atoms with Gasteiger partial charge >= 0.3 is 0 Å². The summed E-state index contributed by atoms with van der Waals surface area (Å²) in [6.45, 7) is 2.03. The first-order valence-corrected chi connectivity index (χ1v) is 8.52. The number of benzene rings is 2. The SMILES string of the molecule is CC1Cc2ccccc2N1C(=O)c1cc(Nc2ccccc2F)ccn1. The molecular formula is C21H18FN3O. The van der Waals surface area contributed by atoms with Crippen molar-refractivity contribution in [3.05, 3.63) is 83.9 Å². The van der Waals surface area contributed by atoms with Crippen molar-refractivity contribution in [3.63, 3.8) is 0 Å². The van der Waals surface area contributed by atoms with E-state index in [4.69, 9.17) is 0 Å². The number of pyridine rings is 1. The van der Waals surface area contributed by atoms with E-state index in [2.05, 4.69) is 10.3 Å². The van der Waals surface area contributed by atoms with E-state index in [9.17, 15) is 9.18 Å². The van der Waals surface area contributed by atoms with E-state index in [1.807, 2.05) is 31.2 Å². The molecule has 1 amide bonds. The molecule has 5 heteroatoms. The van der Waals surface area contributed by atoms with E-state index in [0.717, 1.165) is 17.7 Å². The number of aromatic nitrogens is 1. The van der Waals surface area contributed by atoms with Crippen molar-refractivity contribution in [2.45, 2.75) is 19.4 Å². The van der Waals surface area contributed by atoms with Gasteiger partial charge in [0.05, 0.1) is 5.69 Å². The van der Waals surface area contributed by atoms with E-state index in [-0.39, 0.29) is 17.8 Å². The molecule has 130 valence electrons. The third-order valence-corrected chi connectivity index (χ3v) is 4.56. The minimum atomic E-state index is -0.348. The second-order valence-electron chi connectivity index (χ2n) is 6.39. The maximum atomic E-state index is 13.8. The van der Waals surface area contributed by atoms with Crippen LogP contribution in [0.15, 0.2) is 66.9 Å². The number of hydrogen-bond acceptors (Lipinski definition) is 3. The minimum Gasteiger partial charge on any atom is -0.353 e. The summed E-state index contributed by atoms with van der Waals surface area (Å²) in [7, 11) is 0. The van der Waals surface area contributed by atoms with Gasteiger partial charge in [-0.3, -0.25) is 9.78 Å². The maximum Gasteiger partial charge on any atom is 0.277 e. The summed E-state index contributed by atoms with van der Waals surface area (Å²) >= 11 is 0. The average molecular weight is 347 g/mol. The number of amides is 1. The Morgan fingerprint density at radius 3 is 2.77 bits per heavy atom. The van der Waals surface area contributed by atoms with Crippen LogP contribution in [-0.2, 0) is 6.42 Å². The lowest BCUT2D eigenvalue weighted by molar-refractivity contribution is 0.0976. The van der Waals surface area contributed by atoms with E-state index in [0.29, 0.717) is 17.1 Å². The Hall–Kier alpha value is -3.21. The fourth-order valence-electron chi connectivity index (χ4n) is 3.34. The molecule has 3 aromatic rings. The third-order valence-electron chi connectivity index (χ3n) is 4.56. The topological polar surface area (TPSA) is 45.2 Å². The first-order chi connectivity index (χ1) is 12.6. The van der Waals surface area contributed by atoms with Crippen LogP contribution in [-0.4, -0.2) is 16.9 Å². The molecular weight excluding hydrogens is 329 g/mol. The van der Waals surface area contributed by atoms with Crippen LogP contribution in [0, 0.1) is 5.82 Å². The Morgan fingerprint density at radius 1 is 1.15 bits per heavy atom. The number of nitrogens with zero attached hydrogens (tertiary/aromatic N) is 2. The smallest absolute Gasteiger partial charge is 0.277 e. The van der Waals surface area contributed by atoms with Crippen molar-refractivity contribution >= 4 is 23.0 Å². The van der Waals surface area contributed by atoms with E-state index in [1.54, 1.807) is 41.4 Å². The van der Waals surface area contributed by atoms with Crippen LogP contribution in [0.25, 0.3) is 0 Å². The van der Waals surface area contributed by atoms with Gasteiger partial charge in [-0.05, 0) is 49.2 Å². The summed E-state index contributed by atoms with van der Waals surface area (Å²) < 4.78 is 13.8. The largest absolute Gasteiger partial charge is 0.353 e. The molecule has 1 N–H and O–H groups in total. The predicted molar refractivity (Wildman–Crippen MR) is 100 cm³/mol. The second-order valence-corrected chi connectivity index (χ2v) is 6.39. The Balaban J connectivity index is 1.63. The number of hydrogen-bond donors (Lipinski definition) is 1. The van der Waals surface area contributed by atoms with Crippen LogP contribution in [0.2, 0.25) is 0 Å². The van der Waals surface area contributed by atoms with E-state index < -0.39 is 0 Å². The number of carbonyl (C=O) groups is 1. The molecule has 4 rings (SSSR count). The van der Waals surface area contributed by atoms with Crippen LogP contribution in [0.3, 0.4) is 0 Å². The molecule has 4 nitrogen and oxygen atoms in total. The summed E-state index contributed by atoms with van der Waals surface area (Å²) in [6, 6.07) is 17.8. The Kier molecular flexibility index (Phi) is 4.13. The molecule has 2 aromatic carbocycles. The molecule has 1 atom stereocenters. The maximum absolute atomic E-state index is 13.8. The number of nitrogens with one attached hydrogen (secondary N) is 1. The van der Waals surface area contributed by atoms with Crippen LogP contribution < -0.4 is 10.2 Å². The van der Waals surface area contributed by atoms with Crippen LogP contribution >= 0.6 is 0 Å². The number of halogens is 1. The standard InChI is InChI=1S/C21H18FN3O/c1-14-12-15-6-2-5-9-20(15)25(14)21(26)19-13-16(10-11-23-19)24-18-8-4-3-7-17(18)22/h2-11,13-14H,12H2,1H3,(H,23,24). The van der Waals surface area contributed by atoms with Gasteiger partial charge in [-0.1, -0.05) is 30.3 Å². The molecule has 1 aliphatic heterocycles. The zero-order valence-electron chi connectivity index (χ0n) is 14.3. The number of para-hydroxylation sites is 2. The summed E-state index contributed by atoms with van der Waals surface area (Å²) in [5.41, 5.74) is 3.40. The zero-order chi connectivity index (χ0) is 18.1. The first-order valence-electron chi connectivity index (χ1n) is 8.52. The van der Waals surface area contributed by atoms with Crippen LogP contribution in [0.4, 0.5) is 21.5 Å². The van der Waals surface area contributed by atoms with Crippen molar-refractivity contribution in [2.24, 2.45) is 0 Å². The highest BCUT2D eigenvalue weighted by atomic mass is 19.1. The van der Waals surface area contributed by atoms with Gasteiger partial charge in [-0.25, -0.2) is 4.39 Å². The van der Waals surface area contributed by atoms with Crippen LogP contribution in [0.1, 0.15) is 23.0 Å². The fourth-order valence-corrected chi connectivity index (χ4v) is 3.34. The number of anilines is 3. The van der Waals surface area contributed by atoms with Gasteiger partial charge in [0.25, 0.3) is 5.91 Å². The lowest BCUT2D eigenvalue weighted by Crippen LogP contribution is -2.36. The molecule has 2 heterocycles. The van der Waals surface area contributed by atoms with Gasteiger partial charge in [0.15, 0.2) is 0 Å².